The summed E-state index contributed by atoms with van der Waals surface area (Å²) in [4.78, 5) is 14.7. The fraction of sp³-hybridized carbons (Fsp3) is 0.0909. The molecule has 0 saturated carbocycles. The van der Waals surface area contributed by atoms with Gasteiger partial charge in [0, 0.05) is 16.6 Å². The van der Waals surface area contributed by atoms with Crippen LogP contribution in [0.25, 0.3) is 10.6 Å². The molecule has 4 nitrogen and oxygen atoms in total. The van der Waals surface area contributed by atoms with E-state index in [1.54, 1.807) is 6.07 Å². The van der Waals surface area contributed by atoms with Gasteiger partial charge in [0.2, 0.25) is 0 Å². The second-order valence-corrected chi connectivity index (χ2v) is 4.33. The summed E-state index contributed by atoms with van der Waals surface area (Å²) >= 11 is 1.30. The third-order valence-electron chi connectivity index (χ3n) is 2.07. The Morgan fingerprint density at radius 1 is 1.44 bits per heavy atom. The Balaban J connectivity index is 2.46. The number of rotatable bonds is 2. The topological polar surface area (TPSA) is 76.2 Å². The maximum atomic E-state index is 10.7. The van der Waals surface area contributed by atoms with Gasteiger partial charge in [0.1, 0.15) is 5.01 Å². The monoisotopic (exact) mass is 234 g/mol. The van der Waals surface area contributed by atoms with Crippen molar-refractivity contribution < 1.29 is 9.90 Å². The van der Waals surface area contributed by atoms with E-state index in [-0.39, 0.29) is 5.69 Å². The van der Waals surface area contributed by atoms with Gasteiger partial charge < -0.3 is 10.8 Å². The van der Waals surface area contributed by atoms with Crippen molar-refractivity contribution in [3.05, 3.63) is 34.8 Å². The Hall–Kier alpha value is -1.88. The zero-order valence-corrected chi connectivity index (χ0v) is 9.41. The predicted octanol–water partition coefficient (Wildman–Crippen LogP) is 2.40. The van der Waals surface area contributed by atoms with Gasteiger partial charge in [-0.1, -0.05) is 0 Å². The lowest BCUT2D eigenvalue weighted by atomic mass is 10.1. The van der Waals surface area contributed by atoms with Crippen molar-refractivity contribution in [1.29, 1.82) is 0 Å². The van der Waals surface area contributed by atoms with Crippen LogP contribution in [0.5, 0.6) is 0 Å². The Bertz CT molecular complexity index is 528. The minimum absolute atomic E-state index is 0.0695. The van der Waals surface area contributed by atoms with Crippen molar-refractivity contribution in [2.45, 2.75) is 6.92 Å². The molecule has 0 aliphatic rings. The molecule has 3 N–H and O–H groups in total. The number of nitrogens with zero attached hydrogens (tertiary/aromatic N) is 1. The number of benzene rings is 1. The smallest absolute Gasteiger partial charge is 0.355 e. The van der Waals surface area contributed by atoms with E-state index in [1.165, 1.54) is 16.7 Å². The van der Waals surface area contributed by atoms with Crippen LogP contribution >= 0.6 is 11.3 Å². The molecule has 2 aromatic rings. The Morgan fingerprint density at radius 3 is 2.75 bits per heavy atom. The van der Waals surface area contributed by atoms with Crippen LogP contribution < -0.4 is 5.73 Å². The van der Waals surface area contributed by atoms with Gasteiger partial charge in [0.25, 0.3) is 0 Å². The van der Waals surface area contributed by atoms with E-state index in [0.29, 0.717) is 10.7 Å². The minimum atomic E-state index is -1.01. The Labute approximate surface area is 96.4 Å². The van der Waals surface area contributed by atoms with Gasteiger partial charge in [0.05, 0.1) is 0 Å². The van der Waals surface area contributed by atoms with Crippen molar-refractivity contribution in [3.8, 4) is 10.6 Å². The number of aryl methyl sites for hydroxylation is 1. The van der Waals surface area contributed by atoms with Crippen LogP contribution in [0.3, 0.4) is 0 Å². The fourth-order valence-corrected chi connectivity index (χ4v) is 2.22. The molecule has 2 rings (SSSR count). The molecular formula is C11H10N2O2S. The zero-order valence-electron chi connectivity index (χ0n) is 8.60. The fourth-order valence-electron chi connectivity index (χ4n) is 1.44. The van der Waals surface area contributed by atoms with Crippen LogP contribution in [0.4, 0.5) is 5.69 Å². The predicted molar refractivity (Wildman–Crippen MR) is 63.7 cm³/mol. The molecule has 1 aromatic carbocycles. The molecule has 16 heavy (non-hydrogen) atoms. The number of aromatic carboxylic acids is 1. The summed E-state index contributed by atoms with van der Waals surface area (Å²) in [6.07, 6.45) is 0. The summed E-state index contributed by atoms with van der Waals surface area (Å²) in [6, 6.07) is 5.58. The van der Waals surface area contributed by atoms with Crippen LogP contribution in [-0.4, -0.2) is 16.1 Å². The summed E-state index contributed by atoms with van der Waals surface area (Å²) < 4.78 is 0. The lowest BCUT2D eigenvalue weighted by Crippen LogP contribution is -1.95. The number of hydrogen-bond donors (Lipinski definition) is 2. The first-order valence-electron chi connectivity index (χ1n) is 4.62. The quantitative estimate of drug-likeness (QED) is 0.782. The lowest BCUT2D eigenvalue weighted by molar-refractivity contribution is 0.0691. The summed E-state index contributed by atoms with van der Waals surface area (Å²) in [7, 11) is 0. The molecule has 1 aromatic heterocycles. The molecule has 0 unspecified atom stereocenters. The number of carboxylic acid groups (broad SMARTS) is 1. The minimum Gasteiger partial charge on any atom is -0.476 e. The number of nitrogen functional groups attached to an aromatic ring is 1. The maximum Gasteiger partial charge on any atom is 0.355 e. The van der Waals surface area contributed by atoms with E-state index in [1.807, 2.05) is 19.1 Å². The molecule has 1 heterocycles. The van der Waals surface area contributed by atoms with Gasteiger partial charge in [-0.15, -0.1) is 11.3 Å². The molecule has 0 fully saturated rings. The highest BCUT2D eigenvalue weighted by Crippen LogP contribution is 2.26. The van der Waals surface area contributed by atoms with E-state index in [0.717, 1.165) is 11.1 Å². The molecule has 0 aliphatic heterocycles. The molecule has 5 heteroatoms. The molecule has 0 radical (unpaired) electrons. The van der Waals surface area contributed by atoms with Crippen molar-refractivity contribution in [2.24, 2.45) is 0 Å². The summed E-state index contributed by atoms with van der Waals surface area (Å²) in [5.74, 6) is -1.01. The lowest BCUT2D eigenvalue weighted by Gasteiger charge is -2.00. The van der Waals surface area contributed by atoms with Gasteiger partial charge in [0.15, 0.2) is 5.69 Å². The SMILES string of the molecule is Cc1cc(N)cc(-c2nc(C(=O)O)cs2)c1. The van der Waals surface area contributed by atoms with Crippen molar-refractivity contribution in [1.82, 2.24) is 4.98 Å². The van der Waals surface area contributed by atoms with Gasteiger partial charge >= 0.3 is 5.97 Å². The summed E-state index contributed by atoms with van der Waals surface area (Å²) in [5.41, 5.74) is 8.33. The summed E-state index contributed by atoms with van der Waals surface area (Å²) in [6.45, 7) is 1.94. The van der Waals surface area contributed by atoms with Gasteiger partial charge in [-0.05, 0) is 30.7 Å². The molecule has 0 bridgehead atoms. The van der Waals surface area contributed by atoms with Gasteiger partial charge in [-0.25, -0.2) is 9.78 Å². The van der Waals surface area contributed by atoms with Crippen molar-refractivity contribution in [3.63, 3.8) is 0 Å². The molecule has 0 saturated heterocycles. The number of anilines is 1. The van der Waals surface area contributed by atoms with Gasteiger partial charge in [-0.3, -0.25) is 0 Å². The number of carboxylic acids is 1. The standard InChI is InChI=1S/C11H10N2O2S/c1-6-2-7(4-8(12)3-6)10-13-9(5-16-10)11(14)15/h2-5H,12H2,1H3,(H,14,15). The molecule has 0 atom stereocenters. The van der Waals surface area contributed by atoms with E-state index in [2.05, 4.69) is 4.98 Å². The van der Waals surface area contributed by atoms with Crippen LogP contribution in [-0.2, 0) is 0 Å². The van der Waals surface area contributed by atoms with E-state index < -0.39 is 5.97 Å². The highest BCUT2D eigenvalue weighted by atomic mass is 32.1. The van der Waals surface area contributed by atoms with Crippen molar-refractivity contribution in [2.75, 3.05) is 5.73 Å². The third kappa shape index (κ3) is 2.04. The van der Waals surface area contributed by atoms with E-state index in [9.17, 15) is 4.79 Å². The van der Waals surface area contributed by atoms with Crippen LogP contribution in [0.1, 0.15) is 16.1 Å². The maximum absolute atomic E-state index is 10.7. The molecular weight excluding hydrogens is 224 g/mol. The second kappa shape index (κ2) is 3.94. The highest BCUT2D eigenvalue weighted by Gasteiger charge is 2.10. The van der Waals surface area contributed by atoms with Crippen molar-refractivity contribution >= 4 is 23.0 Å². The number of thiazole rings is 1. The van der Waals surface area contributed by atoms with E-state index in [4.69, 9.17) is 10.8 Å². The average Bonchev–Trinajstić information content (AvgIpc) is 2.64. The number of nitrogens with two attached hydrogens (primary N) is 1. The number of carbonyl (C=O) groups is 1. The first-order chi connectivity index (χ1) is 7.56. The largest absolute Gasteiger partial charge is 0.476 e. The number of aromatic nitrogens is 1. The van der Waals surface area contributed by atoms with E-state index >= 15 is 0 Å². The van der Waals surface area contributed by atoms with Crippen LogP contribution in [0.2, 0.25) is 0 Å². The second-order valence-electron chi connectivity index (χ2n) is 3.48. The Kier molecular flexibility index (Phi) is 2.62. The first-order valence-corrected chi connectivity index (χ1v) is 5.50. The Morgan fingerprint density at radius 2 is 2.19 bits per heavy atom. The highest BCUT2D eigenvalue weighted by molar-refractivity contribution is 7.13. The van der Waals surface area contributed by atoms with Gasteiger partial charge in [-0.2, -0.15) is 0 Å². The molecule has 82 valence electrons. The summed E-state index contributed by atoms with van der Waals surface area (Å²) in [5, 5.41) is 11.0. The third-order valence-corrected chi connectivity index (χ3v) is 2.96. The van der Waals surface area contributed by atoms with Crippen LogP contribution in [0, 0.1) is 6.92 Å². The number of hydrogen-bond acceptors (Lipinski definition) is 4. The molecule has 0 spiro atoms. The average molecular weight is 234 g/mol. The normalized spacial score (nSPS) is 10.3. The van der Waals surface area contributed by atoms with Crippen LogP contribution in [0.15, 0.2) is 23.6 Å². The molecule has 0 amide bonds. The zero-order chi connectivity index (χ0) is 11.7. The molecule has 0 aliphatic carbocycles. The first kappa shape index (κ1) is 10.6.